The second-order valence-electron chi connectivity index (χ2n) is 5.91. The van der Waals surface area contributed by atoms with Gasteiger partial charge in [-0.05, 0) is 56.3 Å². The third-order valence-corrected chi connectivity index (χ3v) is 3.73. The van der Waals surface area contributed by atoms with Crippen LogP contribution in [0.15, 0.2) is 42.5 Å². The van der Waals surface area contributed by atoms with E-state index in [9.17, 15) is 14.4 Å². The molecule has 0 saturated carbocycles. The Morgan fingerprint density at radius 2 is 1.52 bits per heavy atom. The van der Waals surface area contributed by atoms with E-state index in [2.05, 4.69) is 10.6 Å². The lowest BCUT2D eigenvalue weighted by Crippen LogP contribution is -2.31. The van der Waals surface area contributed by atoms with Crippen LogP contribution >= 0.6 is 23.2 Å². The van der Waals surface area contributed by atoms with Gasteiger partial charge in [-0.1, -0.05) is 23.2 Å². The van der Waals surface area contributed by atoms with Crippen LogP contribution in [0, 0.1) is 0 Å². The van der Waals surface area contributed by atoms with Gasteiger partial charge in [0.15, 0.2) is 0 Å². The Labute approximate surface area is 166 Å². The van der Waals surface area contributed by atoms with Crippen molar-refractivity contribution >= 4 is 46.7 Å². The summed E-state index contributed by atoms with van der Waals surface area (Å²) in [4.78, 5) is 35.7. The van der Waals surface area contributed by atoms with E-state index in [1.54, 1.807) is 26.0 Å². The highest BCUT2D eigenvalue weighted by molar-refractivity contribution is 6.35. The average molecular weight is 409 g/mol. The van der Waals surface area contributed by atoms with E-state index in [-0.39, 0.29) is 18.6 Å². The number of anilines is 1. The minimum Gasteiger partial charge on any atom is -0.462 e. The highest BCUT2D eigenvalue weighted by atomic mass is 35.5. The molecular formula is C19H18Cl2N2O4. The monoisotopic (exact) mass is 408 g/mol. The van der Waals surface area contributed by atoms with Crippen LogP contribution in [-0.2, 0) is 9.53 Å². The summed E-state index contributed by atoms with van der Waals surface area (Å²) >= 11 is 11.8. The normalized spacial score (nSPS) is 10.4. The minimum atomic E-state index is -0.512. The molecule has 2 aromatic carbocycles. The van der Waals surface area contributed by atoms with Gasteiger partial charge in [0.2, 0.25) is 0 Å². The summed E-state index contributed by atoms with van der Waals surface area (Å²) in [5, 5.41) is 5.88. The molecule has 0 unspecified atom stereocenters. The van der Waals surface area contributed by atoms with Gasteiger partial charge in [-0.3, -0.25) is 14.4 Å². The van der Waals surface area contributed by atoms with Crippen LogP contribution in [0.4, 0.5) is 5.69 Å². The van der Waals surface area contributed by atoms with E-state index in [0.29, 0.717) is 26.9 Å². The largest absolute Gasteiger partial charge is 0.462 e. The van der Waals surface area contributed by atoms with Gasteiger partial charge < -0.3 is 15.4 Å². The van der Waals surface area contributed by atoms with Crippen molar-refractivity contribution in [3.05, 3.63) is 63.6 Å². The maximum absolute atomic E-state index is 12.2. The predicted octanol–water partition coefficient (Wildman–Crippen LogP) is 3.93. The van der Waals surface area contributed by atoms with Crippen LogP contribution in [-0.4, -0.2) is 30.4 Å². The maximum atomic E-state index is 12.2. The fraction of sp³-hybridized carbons (Fsp3) is 0.211. The number of nitrogens with one attached hydrogen (secondary N) is 2. The number of rotatable bonds is 6. The Kier molecular flexibility index (Phi) is 7.21. The molecule has 0 aromatic heterocycles. The zero-order valence-electron chi connectivity index (χ0n) is 14.7. The molecule has 0 aliphatic carbocycles. The number of amides is 2. The van der Waals surface area contributed by atoms with Crippen molar-refractivity contribution < 1.29 is 19.1 Å². The molecule has 2 amide bonds. The van der Waals surface area contributed by atoms with Crippen LogP contribution in [0.3, 0.4) is 0 Å². The van der Waals surface area contributed by atoms with Crippen molar-refractivity contribution in [3.63, 3.8) is 0 Å². The van der Waals surface area contributed by atoms with Gasteiger partial charge in [0.05, 0.1) is 6.10 Å². The summed E-state index contributed by atoms with van der Waals surface area (Å²) in [6.45, 7) is 3.24. The Morgan fingerprint density at radius 3 is 2.07 bits per heavy atom. The lowest BCUT2D eigenvalue weighted by atomic mass is 10.1. The van der Waals surface area contributed by atoms with E-state index in [0.717, 1.165) is 0 Å². The van der Waals surface area contributed by atoms with Gasteiger partial charge in [0.25, 0.3) is 11.8 Å². The number of hydrogen-bond donors (Lipinski definition) is 2. The first kappa shape index (κ1) is 20.7. The average Bonchev–Trinajstić information content (AvgIpc) is 2.59. The second kappa shape index (κ2) is 9.39. The Hall–Kier alpha value is -2.57. The van der Waals surface area contributed by atoms with Crippen LogP contribution in [0.25, 0.3) is 0 Å². The number of halogens is 2. The molecule has 0 saturated heterocycles. The molecule has 0 aliphatic heterocycles. The van der Waals surface area contributed by atoms with E-state index in [1.807, 2.05) is 0 Å². The molecule has 6 nitrogen and oxygen atoms in total. The smallest absolute Gasteiger partial charge is 0.325 e. The Balaban J connectivity index is 1.95. The number of ether oxygens (including phenoxy) is 1. The summed E-state index contributed by atoms with van der Waals surface area (Å²) in [6, 6.07) is 10.7. The Bertz CT molecular complexity index is 831. The van der Waals surface area contributed by atoms with E-state index < -0.39 is 11.9 Å². The maximum Gasteiger partial charge on any atom is 0.325 e. The van der Waals surface area contributed by atoms with Crippen molar-refractivity contribution in [2.45, 2.75) is 20.0 Å². The molecule has 8 heteroatoms. The zero-order valence-corrected chi connectivity index (χ0v) is 16.2. The predicted molar refractivity (Wildman–Crippen MR) is 104 cm³/mol. The summed E-state index contributed by atoms with van der Waals surface area (Å²) in [6.07, 6.45) is -0.244. The molecule has 0 radical (unpaired) electrons. The SMILES string of the molecule is CC(C)OC(=O)CNC(=O)c1ccc(NC(=O)c2cc(Cl)cc(Cl)c2)cc1. The number of carbonyl (C=O) groups excluding carboxylic acids is 3. The first-order chi connectivity index (χ1) is 12.7. The molecule has 0 fully saturated rings. The third-order valence-electron chi connectivity index (χ3n) is 3.29. The van der Waals surface area contributed by atoms with Crippen molar-refractivity contribution in [1.82, 2.24) is 5.32 Å². The molecule has 0 aliphatic rings. The van der Waals surface area contributed by atoms with Gasteiger partial charge >= 0.3 is 5.97 Å². The third kappa shape index (κ3) is 6.58. The lowest BCUT2D eigenvalue weighted by molar-refractivity contribution is -0.146. The number of hydrogen-bond acceptors (Lipinski definition) is 4. The summed E-state index contributed by atoms with van der Waals surface area (Å²) in [7, 11) is 0. The van der Waals surface area contributed by atoms with Gasteiger partial charge in [-0.25, -0.2) is 0 Å². The minimum absolute atomic E-state index is 0.217. The molecule has 27 heavy (non-hydrogen) atoms. The highest BCUT2D eigenvalue weighted by Gasteiger charge is 2.11. The lowest BCUT2D eigenvalue weighted by Gasteiger charge is -2.09. The molecule has 2 rings (SSSR count). The molecule has 0 heterocycles. The molecule has 0 spiro atoms. The second-order valence-corrected chi connectivity index (χ2v) is 6.78. The topological polar surface area (TPSA) is 84.5 Å². The zero-order chi connectivity index (χ0) is 20.0. The molecule has 142 valence electrons. The standard InChI is InChI=1S/C19H18Cl2N2O4/c1-11(2)27-17(24)10-22-18(25)12-3-5-16(6-4-12)23-19(26)13-7-14(20)9-15(21)8-13/h3-9,11H,10H2,1-2H3,(H,22,25)(H,23,26). The molecular weight excluding hydrogens is 391 g/mol. The number of benzene rings is 2. The fourth-order valence-corrected chi connectivity index (χ4v) is 2.68. The van der Waals surface area contributed by atoms with Gasteiger partial charge in [-0.15, -0.1) is 0 Å². The first-order valence-electron chi connectivity index (χ1n) is 8.10. The van der Waals surface area contributed by atoms with Crippen molar-refractivity contribution in [2.24, 2.45) is 0 Å². The van der Waals surface area contributed by atoms with E-state index in [1.165, 1.54) is 30.3 Å². The summed E-state index contributed by atoms with van der Waals surface area (Å²) in [5.41, 5.74) is 1.15. The quantitative estimate of drug-likeness (QED) is 0.709. The summed E-state index contributed by atoms with van der Waals surface area (Å²) < 4.78 is 4.94. The van der Waals surface area contributed by atoms with Crippen LogP contribution < -0.4 is 10.6 Å². The van der Waals surface area contributed by atoms with Gasteiger partial charge in [-0.2, -0.15) is 0 Å². The van der Waals surface area contributed by atoms with Gasteiger partial charge in [0, 0.05) is 26.9 Å². The first-order valence-corrected chi connectivity index (χ1v) is 8.85. The molecule has 0 atom stereocenters. The van der Waals surface area contributed by atoms with Crippen LogP contribution in [0.5, 0.6) is 0 Å². The Morgan fingerprint density at radius 1 is 0.926 bits per heavy atom. The van der Waals surface area contributed by atoms with E-state index in [4.69, 9.17) is 27.9 Å². The van der Waals surface area contributed by atoms with Crippen molar-refractivity contribution in [1.29, 1.82) is 0 Å². The van der Waals surface area contributed by atoms with Gasteiger partial charge in [0.1, 0.15) is 6.54 Å². The highest BCUT2D eigenvalue weighted by Crippen LogP contribution is 2.20. The number of carbonyl (C=O) groups is 3. The van der Waals surface area contributed by atoms with Crippen molar-refractivity contribution in [2.75, 3.05) is 11.9 Å². The summed E-state index contributed by atoms with van der Waals surface area (Å²) in [5.74, 6) is -1.31. The fourth-order valence-electron chi connectivity index (χ4n) is 2.15. The van der Waals surface area contributed by atoms with Crippen molar-refractivity contribution in [3.8, 4) is 0 Å². The van der Waals surface area contributed by atoms with Crippen LogP contribution in [0.1, 0.15) is 34.6 Å². The molecule has 2 N–H and O–H groups in total. The molecule has 0 bridgehead atoms. The number of esters is 1. The van der Waals surface area contributed by atoms with E-state index >= 15 is 0 Å². The molecule has 2 aromatic rings. The van der Waals surface area contributed by atoms with Crippen LogP contribution in [0.2, 0.25) is 10.0 Å².